The van der Waals surface area contributed by atoms with E-state index in [-0.39, 0.29) is 19.1 Å². The van der Waals surface area contributed by atoms with E-state index in [4.69, 9.17) is 21.1 Å². The van der Waals surface area contributed by atoms with Crippen molar-refractivity contribution in [2.24, 2.45) is 4.99 Å². The molecule has 0 saturated carbocycles. The van der Waals surface area contributed by atoms with Crippen molar-refractivity contribution in [3.63, 3.8) is 0 Å². The highest BCUT2D eigenvalue weighted by molar-refractivity contribution is 9.10. The number of hydrogen-bond donors (Lipinski definition) is 1. The zero-order chi connectivity index (χ0) is 25.1. The molecule has 2 aromatic carbocycles. The number of amides is 1. The Balaban J connectivity index is 1.62. The minimum absolute atomic E-state index is 0.226. The summed E-state index contributed by atoms with van der Waals surface area (Å²) in [5.41, 5.74) is 3.21. The monoisotopic (exact) mass is 575 g/mol. The van der Waals surface area contributed by atoms with E-state index in [9.17, 15) is 9.59 Å². The number of amidine groups is 1. The van der Waals surface area contributed by atoms with Gasteiger partial charge in [0.1, 0.15) is 5.75 Å². The third kappa shape index (κ3) is 5.58. The molecule has 10 heteroatoms. The summed E-state index contributed by atoms with van der Waals surface area (Å²) in [6, 6.07) is 10.3. The molecule has 1 amide bonds. The van der Waals surface area contributed by atoms with Gasteiger partial charge in [0.25, 0.3) is 5.91 Å². The number of ether oxygens (including phenoxy) is 2. The number of hydrogen-bond acceptors (Lipinski definition) is 7. The number of carbonyl (C=O) groups is 2. The summed E-state index contributed by atoms with van der Waals surface area (Å²) in [6.45, 7) is 5.47. The first-order chi connectivity index (χ1) is 16.8. The summed E-state index contributed by atoms with van der Waals surface area (Å²) in [5, 5.41) is 6.02. The van der Waals surface area contributed by atoms with E-state index >= 15 is 0 Å². The number of anilines is 1. The van der Waals surface area contributed by atoms with Gasteiger partial charge >= 0.3 is 5.97 Å². The first kappa shape index (κ1) is 25.3. The number of fused-ring (bicyclic) bond motifs is 1. The molecule has 0 unspecified atom stereocenters. The molecule has 2 aliphatic heterocycles. The molecule has 0 saturated heterocycles. The average Bonchev–Trinajstić information content (AvgIpc) is 3.28. The van der Waals surface area contributed by atoms with Gasteiger partial charge < -0.3 is 19.7 Å². The van der Waals surface area contributed by atoms with Gasteiger partial charge in [0, 0.05) is 26.9 Å². The lowest BCUT2D eigenvalue weighted by Gasteiger charge is -2.34. The van der Waals surface area contributed by atoms with Crippen LogP contribution in [-0.2, 0) is 14.3 Å². The van der Waals surface area contributed by atoms with E-state index in [1.165, 1.54) is 11.8 Å². The molecule has 0 fully saturated rings. The third-order valence-corrected chi connectivity index (χ3v) is 7.07. The van der Waals surface area contributed by atoms with Gasteiger partial charge in [-0.3, -0.25) is 4.79 Å². The van der Waals surface area contributed by atoms with Crippen LogP contribution in [0.4, 0.5) is 5.69 Å². The Kier molecular flexibility index (Phi) is 7.88. The number of rotatable bonds is 7. The standard InChI is InChI=1S/C25H23BrClN3O4S/c1-4-33-24(32)22-15(3)28-25-30(9-10-35-25)23(22)18-11-16(26)6-8-20(18)34-13-21(31)29-17-7-5-14(2)19(27)12-17/h5-12,23H,4,13H2,1-3H3,(H,29,31)/t23-/m1/s1. The zero-order valence-corrected chi connectivity index (χ0v) is 22.5. The van der Waals surface area contributed by atoms with Gasteiger partial charge in [-0.1, -0.05) is 45.4 Å². The van der Waals surface area contributed by atoms with Crippen molar-refractivity contribution in [1.29, 1.82) is 0 Å². The van der Waals surface area contributed by atoms with E-state index in [0.29, 0.717) is 33.3 Å². The topological polar surface area (TPSA) is 80.2 Å². The quantitative estimate of drug-likeness (QED) is 0.396. The molecule has 35 heavy (non-hydrogen) atoms. The lowest BCUT2D eigenvalue weighted by Crippen LogP contribution is -2.34. The van der Waals surface area contributed by atoms with Crippen molar-refractivity contribution in [2.45, 2.75) is 26.8 Å². The zero-order valence-electron chi connectivity index (χ0n) is 19.3. The van der Waals surface area contributed by atoms with Crippen LogP contribution < -0.4 is 10.1 Å². The predicted octanol–water partition coefficient (Wildman–Crippen LogP) is 6.20. The van der Waals surface area contributed by atoms with Gasteiger partial charge in [-0.05, 0) is 62.1 Å². The number of aryl methyl sites for hydroxylation is 1. The largest absolute Gasteiger partial charge is 0.483 e. The van der Waals surface area contributed by atoms with Crippen molar-refractivity contribution >= 4 is 62.0 Å². The highest BCUT2D eigenvalue weighted by Crippen LogP contribution is 2.44. The fraction of sp³-hybridized carbons (Fsp3) is 0.240. The minimum atomic E-state index is -0.528. The first-order valence-corrected chi connectivity index (χ1v) is 12.9. The van der Waals surface area contributed by atoms with Crippen molar-refractivity contribution < 1.29 is 19.1 Å². The molecular formula is C25H23BrClN3O4S. The number of thioether (sulfide) groups is 1. The maximum Gasteiger partial charge on any atom is 0.338 e. The van der Waals surface area contributed by atoms with Crippen LogP contribution in [0.5, 0.6) is 5.75 Å². The second kappa shape index (κ2) is 10.9. The fourth-order valence-corrected chi connectivity index (χ4v) is 5.10. The predicted molar refractivity (Wildman–Crippen MR) is 143 cm³/mol. The van der Waals surface area contributed by atoms with Crippen LogP contribution >= 0.6 is 39.3 Å². The molecule has 182 valence electrons. The number of carbonyl (C=O) groups excluding carboxylic acids is 2. The van der Waals surface area contributed by atoms with Crippen LogP contribution in [0.15, 0.2) is 68.7 Å². The molecule has 0 bridgehead atoms. The summed E-state index contributed by atoms with van der Waals surface area (Å²) in [7, 11) is 0. The number of esters is 1. The summed E-state index contributed by atoms with van der Waals surface area (Å²) < 4.78 is 12.1. The molecule has 1 N–H and O–H groups in total. The Labute approximate surface area is 221 Å². The second-order valence-corrected chi connectivity index (χ2v) is 10.0. The lowest BCUT2D eigenvalue weighted by molar-refractivity contribution is -0.139. The molecule has 4 rings (SSSR count). The Morgan fingerprint density at radius 2 is 2.03 bits per heavy atom. The number of allylic oxidation sites excluding steroid dienone is 1. The number of nitrogens with zero attached hydrogens (tertiary/aromatic N) is 2. The Morgan fingerprint density at radius 3 is 2.77 bits per heavy atom. The van der Waals surface area contributed by atoms with Crippen molar-refractivity contribution in [1.82, 2.24) is 4.90 Å². The molecule has 0 aliphatic carbocycles. The number of aliphatic imine (C=N–C) groups is 1. The Morgan fingerprint density at radius 1 is 1.23 bits per heavy atom. The minimum Gasteiger partial charge on any atom is -0.483 e. The second-order valence-electron chi connectivity index (χ2n) is 7.81. The summed E-state index contributed by atoms with van der Waals surface area (Å²) in [5.74, 6) is -0.307. The summed E-state index contributed by atoms with van der Waals surface area (Å²) in [6.07, 6.45) is 1.87. The van der Waals surface area contributed by atoms with Crippen LogP contribution in [0.3, 0.4) is 0 Å². The van der Waals surface area contributed by atoms with Gasteiger partial charge in [-0.15, -0.1) is 0 Å². The van der Waals surface area contributed by atoms with Crippen molar-refractivity contribution in [3.05, 3.63) is 79.9 Å². The van der Waals surface area contributed by atoms with Gasteiger partial charge in [-0.25, -0.2) is 9.79 Å². The number of nitrogens with one attached hydrogen (secondary N) is 1. The van der Waals surface area contributed by atoms with Crippen molar-refractivity contribution in [3.8, 4) is 5.75 Å². The van der Waals surface area contributed by atoms with Crippen molar-refractivity contribution in [2.75, 3.05) is 18.5 Å². The number of halogens is 2. The van der Waals surface area contributed by atoms with Crippen LogP contribution in [0.2, 0.25) is 5.02 Å². The van der Waals surface area contributed by atoms with Crippen LogP contribution in [-0.4, -0.2) is 35.2 Å². The molecule has 0 radical (unpaired) electrons. The normalized spacial score (nSPS) is 16.7. The highest BCUT2D eigenvalue weighted by atomic mass is 79.9. The smallest absolute Gasteiger partial charge is 0.338 e. The maximum atomic E-state index is 13.0. The average molecular weight is 577 g/mol. The molecule has 2 aromatic rings. The van der Waals surface area contributed by atoms with Gasteiger partial charge in [-0.2, -0.15) is 0 Å². The molecule has 7 nitrogen and oxygen atoms in total. The van der Waals surface area contributed by atoms with Gasteiger partial charge in [0.05, 0.1) is 23.9 Å². The fourth-order valence-electron chi connectivity index (χ4n) is 3.75. The molecule has 2 aliphatic rings. The summed E-state index contributed by atoms with van der Waals surface area (Å²) in [4.78, 5) is 32.1. The number of benzene rings is 2. The van der Waals surface area contributed by atoms with E-state index in [1.807, 2.05) is 41.6 Å². The van der Waals surface area contributed by atoms with Crippen LogP contribution in [0, 0.1) is 6.92 Å². The Hall–Kier alpha value is -2.75. The first-order valence-electron chi connectivity index (χ1n) is 10.8. The Bertz CT molecular complexity index is 1280. The van der Waals surface area contributed by atoms with Gasteiger partial charge in [0.2, 0.25) is 0 Å². The summed E-state index contributed by atoms with van der Waals surface area (Å²) >= 11 is 11.2. The SMILES string of the molecule is CCOC(=O)C1=C(C)N=C2SC=CN2[C@@H]1c1cc(Br)ccc1OCC(=O)Nc1ccc(C)c(Cl)c1. The van der Waals surface area contributed by atoms with Gasteiger partial charge in [0.15, 0.2) is 11.8 Å². The maximum absolute atomic E-state index is 13.0. The van der Waals surface area contributed by atoms with Crippen LogP contribution in [0.1, 0.15) is 31.0 Å². The third-order valence-electron chi connectivity index (χ3n) is 5.40. The van der Waals surface area contributed by atoms with E-state index in [0.717, 1.165) is 15.2 Å². The van der Waals surface area contributed by atoms with E-state index in [1.54, 1.807) is 32.0 Å². The molecule has 0 aromatic heterocycles. The molecule has 1 atom stereocenters. The van der Waals surface area contributed by atoms with Crippen LogP contribution in [0.25, 0.3) is 0 Å². The van der Waals surface area contributed by atoms with E-state index in [2.05, 4.69) is 26.2 Å². The molecule has 0 spiro atoms. The molecular weight excluding hydrogens is 554 g/mol. The van der Waals surface area contributed by atoms with E-state index < -0.39 is 12.0 Å². The molecule has 2 heterocycles. The highest BCUT2D eigenvalue weighted by Gasteiger charge is 2.39. The lowest BCUT2D eigenvalue weighted by atomic mass is 9.94.